The molecule has 2 N–H and O–H groups in total. The highest BCUT2D eigenvalue weighted by Crippen LogP contribution is 2.66. The summed E-state index contributed by atoms with van der Waals surface area (Å²) in [5.41, 5.74) is 0.999. The van der Waals surface area contributed by atoms with Gasteiger partial charge in [0, 0.05) is 5.92 Å². The number of fused-ring (bicyclic) bond motifs is 5. The van der Waals surface area contributed by atoms with E-state index in [9.17, 15) is 19.8 Å². The van der Waals surface area contributed by atoms with Crippen molar-refractivity contribution in [2.75, 3.05) is 0 Å². The van der Waals surface area contributed by atoms with Gasteiger partial charge in [-0.15, -0.1) is 0 Å². The fourth-order valence-corrected chi connectivity index (χ4v) is 7.37. The molecule has 4 nitrogen and oxygen atoms in total. The number of aliphatic hydroxyl groups is 2. The lowest BCUT2D eigenvalue weighted by atomic mass is 9.46. The van der Waals surface area contributed by atoms with Crippen molar-refractivity contribution in [2.45, 2.75) is 71.5 Å². The maximum absolute atomic E-state index is 12.2. The first kappa shape index (κ1) is 17.4. The summed E-state index contributed by atoms with van der Waals surface area (Å²) in [5.74, 6) is 1.02. The second kappa shape index (κ2) is 5.50. The maximum Gasteiger partial charge on any atom is 0.184 e. The predicted molar refractivity (Wildman–Crippen MR) is 93.7 cm³/mol. The Morgan fingerprint density at radius 1 is 1.20 bits per heavy atom. The average Bonchev–Trinajstić information content (AvgIpc) is 2.79. The van der Waals surface area contributed by atoms with E-state index in [0.29, 0.717) is 24.2 Å². The van der Waals surface area contributed by atoms with Gasteiger partial charge >= 0.3 is 0 Å². The number of allylic oxidation sites excluding steroid dienone is 1. The fraction of sp³-hybridized carbons (Fsp3) is 0.810. The molecule has 0 aromatic heterocycles. The van der Waals surface area contributed by atoms with Gasteiger partial charge in [-0.3, -0.25) is 9.59 Å². The van der Waals surface area contributed by atoms with Gasteiger partial charge in [0.1, 0.15) is 11.9 Å². The molecule has 3 saturated carbocycles. The molecule has 0 aromatic rings. The molecule has 138 valence electrons. The van der Waals surface area contributed by atoms with Crippen LogP contribution in [0.2, 0.25) is 0 Å². The van der Waals surface area contributed by atoms with E-state index in [2.05, 4.69) is 13.8 Å². The summed E-state index contributed by atoms with van der Waals surface area (Å²) in [4.78, 5) is 24.2. The molecule has 0 amide bonds. The van der Waals surface area contributed by atoms with E-state index in [-0.39, 0.29) is 28.3 Å². The third-order valence-corrected chi connectivity index (χ3v) is 8.46. The van der Waals surface area contributed by atoms with E-state index in [1.54, 1.807) is 13.0 Å². The van der Waals surface area contributed by atoms with Gasteiger partial charge in [0.05, 0.1) is 6.10 Å². The molecule has 3 fully saturated rings. The molecule has 0 saturated heterocycles. The minimum atomic E-state index is -0.875. The predicted octanol–water partition coefficient (Wildman–Crippen LogP) is 2.67. The summed E-state index contributed by atoms with van der Waals surface area (Å²) in [6.45, 7) is 6.06. The number of aliphatic hydroxyl groups excluding tert-OH is 2. The minimum Gasteiger partial charge on any atom is -0.392 e. The smallest absolute Gasteiger partial charge is 0.184 e. The van der Waals surface area contributed by atoms with Gasteiger partial charge in [0.2, 0.25) is 0 Å². The number of hydrogen-bond donors (Lipinski definition) is 2. The number of hydrogen-bond acceptors (Lipinski definition) is 4. The van der Waals surface area contributed by atoms with E-state index in [1.807, 2.05) is 0 Å². The molecule has 0 aromatic carbocycles. The summed E-state index contributed by atoms with van der Waals surface area (Å²) in [5, 5.41) is 20.8. The van der Waals surface area contributed by atoms with E-state index >= 15 is 0 Å². The van der Waals surface area contributed by atoms with Crippen molar-refractivity contribution >= 4 is 11.6 Å². The first-order chi connectivity index (χ1) is 11.7. The first-order valence-corrected chi connectivity index (χ1v) is 9.80. The minimum absolute atomic E-state index is 0.104. The molecule has 0 heterocycles. The summed E-state index contributed by atoms with van der Waals surface area (Å²) < 4.78 is 0. The molecule has 25 heavy (non-hydrogen) atoms. The lowest BCUT2D eigenvalue weighted by molar-refractivity contribution is -0.133. The Kier molecular flexibility index (Phi) is 3.83. The standard InChI is InChI=1S/C21H30O4/c1-11(22)19-17(24)9-15-13-5-4-12-8-16(23)18(25)10-21(12,3)14(13)6-7-20(15,19)2/h8,13-15,17-19,24-25H,4-7,9-10H2,1-3H3/t13-,14+,15+,17-,18+,19+,20+,21+/m1/s1. The second-order valence-corrected chi connectivity index (χ2v) is 9.56. The molecular formula is C21H30O4. The van der Waals surface area contributed by atoms with Crippen LogP contribution >= 0.6 is 0 Å². The number of ketones is 2. The molecule has 4 heteroatoms. The van der Waals surface area contributed by atoms with Crippen molar-refractivity contribution in [1.29, 1.82) is 0 Å². The van der Waals surface area contributed by atoms with Gasteiger partial charge in [-0.1, -0.05) is 19.4 Å². The van der Waals surface area contributed by atoms with Crippen LogP contribution in [0.15, 0.2) is 11.6 Å². The van der Waals surface area contributed by atoms with Gasteiger partial charge in [0.15, 0.2) is 5.78 Å². The van der Waals surface area contributed by atoms with Crippen LogP contribution < -0.4 is 0 Å². The van der Waals surface area contributed by atoms with Crippen LogP contribution in [0.3, 0.4) is 0 Å². The molecule has 4 aliphatic rings. The Balaban J connectivity index is 1.70. The average molecular weight is 346 g/mol. The van der Waals surface area contributed by atoms with Gasteiger partial charge in [-0.05, 0) is 80.1 Å². The Hall–Kier alpha value is -1.00. The number of Topliss-reactive ketones (excluding diaryl/α,β-unsaturated/α-hetero) is 1. The third-order valence-electron chi connectivity index (χ3n) is 8.46. The van der Waals surface area contributed by atoms with Crippen LogP contribution in [0.4, 0.5) is 0 Å². The topological polar surface area (TPSA) is 74.6 Å². The Labute approximate surface area is 149 Å². The van der Waals surface area contributed by atoms with E-state index in [0.717, 1.165) is 32.1 Å². The largest absolute Gasteiger partial charge is 0.392 e. The number of rotatable bonds is 1. The molecule has 0 spiro atoms. The van der Waals surface area contributed by atoms with E-state index in [4.69, 9.17) is 0 Å². The molecular weight excluding hydrogens is 316 g/mol. The van der Waals surface area contributed by atoms with Gasteiger partial charge in [0.25, 0.3) is 0 Å². The number of carbonyl (C=O) groups is 2. The second-order valence-electron chi connectivity index (χ2n) is 9.56. The van der Waals surface area contributed by atoms with Crippen LogP contribution in [0.5, 0.6) is 0 Å². The summed E-state index contributed by atoms with van der Waals surface area (Å²) in [6, 6.07) is 0. The van der Waals surface area contributed by atoms with Crippen molar-refractivity contribution in [3.05, 3.63) is 11.6 Å². The molecule has 8 atom stereocenters. The molecule has 4 aliphatic carbocycles. The quantitative estimate of drug-likeness (QED) is 0.765. The van der Waals surface area contributed by atoms with Crippen molar-refractivity contribution < 1.29 is 19.8 Å². The zero-order chi connectivity index (χ0) is 18.1. The monoisotopic (exact) mass is 346 g/mol. The normalized spacial score (nSPS) is 52.0. The van der Waals surface area contributed by atoms with E-state index in [1.165, 1.54) is 5.57 Å². The third kappa shape index (κ3) is 2.26. The number of carbonyl (C=O) groups excluding carboxylic acids is 2. The highest BCUT2D eigenvalue weighted by atomic mass is 16.3. The molecule has 0 unspecified atom stereocenters. The molecule has 4 rings (SSSR count). The van der Waals surface area contributed by atoms with E-state index < -0.39 is 12.2 Å². The zero-order valence-corrected chi connectivity index (χ0v) is 15.5. The van der Waals surface area contributed by atoms with Gasteiger partial charge in [-0.2, -0.15) is 0 Å². The lowest BCUT2D eigenvalue weighted by Gasteiger charge is -2.58. The maximum atomic E-state index is 12.2. The first-order valence-electron chi connectivity index (χ1n) is 9.80. The molecule has 0 bridgehead atoms. The summed E-state index contributed by atoms with van der Waals surface area (Å²) in [6.07, 6.45) is 5.47. The Bertz CT molecular complexity index is 652. The van der Waals surface area contributed by atoms with Crippen molar-refractivity contribution in [2.24, 2.45) is 34.5 Å². The van der Waals surface area contributed by atoms with Gasteiger partial charge in [-0.25, -0.2) is 0 Å². The van der Waals surface area contributed by atoms with Gasteiger partial charge < -0.3 is 10.2 Å². The SMILES string of the molecule is CC(=O)[C@H]1[C@H](O)C[C@H]2[C@@H]3CCC4=CC(=O)[C@@H](O)C[C@]4(C)[C@H]3CC[C@@]21C. The summed E-state index contributed by atoms with van der Waals surface area (Å²) in [7, 11) is 0. The fourth-order valence-electron chi connectivity index (χ4n) is 7.37. The Morgan fingerprint density at radius 2 is 1.92 bits per heavy atom. The van der Waals surface area contributed by atoms with Crippen LogP contribution in [0.1, 0.15) is 59.3 Å². The Morgan fingerprint density at radius 3 is 2.60 bits per heavy atom. The van der Waals surface area contributed by atoms with Crippen molar-refractivity contribution in [3.63, 3.8) is 0 Å². The molecule has 0 radical (unpaired) electrons. The van der Waals surface area contributed by atoms with Crippen LogP contribution in [-0.2, 0) is 9.59 Å². The van der Waals surface area contributed by atoms with Crippen LogP contribution in [0, 0.1) is 34.5 Å². The van der Waals surface area contributed by atoms with Crippen LogP contribution in [-0.4, -0.2) is 34.0 Å². The van der Waals surface area contributed by atoms with Crippen molar-refractivity contribution in [1.82, 2.24) is 0 Å². The van der Waals surface area contributed by atoms with Crippen LogP contribution in [0.25, 0.3) is 0 Å². The highest BCUT2D eigenvalue weighted by Gasteiger charge is 2.62. The highest BCUT2D eigenvalue weighted by molar-refractivity contribution is 5.95. The zero-order valence-electron chi connectivity index (χ0n) is 15.5. The molecule has 0 aliphatic heterocycles. The van der Waals surface area contributed by atoms with Crippen molar-refractivity contribution in [3.8, 4) is 0 Å². The summed E-state index contributed by atoms with van der Waals surface area (Å²) >= 11 is 0. The lowest BCUT2D eigenvalue weighted by Crippen LogP contribution is -2.52.